The van der Waals surface area contributed by atoms with Gasteiger partial charge in [0.2, 0.25) is 17.6 Å². The van der Waals surface area contributed by atoms with Crippen LogP contribution in [0.1, 0.15) is 30.7 Å². The number of ether oxygens (including phenoxy) is 2. The molecule has 4 amide bonds. The molecule has 2 N–H and O–H groups in total. The van der Waals surface area contributed by atoms with Gasteiger partial charge in [0.05, 0.1) is 32.5 Å². The lowest BCUT2D eigenvalue weighted by Crippen LogP contribution is -2.60. The van der Waals surface area contributed by atoms with Gasteiger partial charge < -0.3 is 19.7 Å². The molecular weight excluding hydrogens is 710 g/mol. The summed E-state index contributed by atoms with van der Waals surface area (Å²) in [6, 6.07) is 2.15. The molecule has 0 bridgehead atoms. The number of aromatic hydroxyl groups is 1. The number of benzene rings is 2. The molecule has 2 aromatic carbocycles. The number of carboxylic acids is 1. The summed E-state index contributed by atoms with van der Waals surface area (Å²) in [6.07, 6.45) is -0.0455. The number of likely N-dealkylation sites (tertiary alicyclic amines) is 1. The van der Waals surface area contributed by atoms with Gasteiger partial charge in [0.25, 0.3) is 11.8 Å². The van der Waals surface area contributed by atoms with E-state index in [-0.39, 0.29) is 34.0 Å². The van der Waals surface area contributed by atoms with E-state index < -0.39 is 123 Å². The largest absolute Gasteiger partial charge is 0.508 e. The van der Waals surface area contributed by atoms with E-state index in [0.717, 1.165) is 31.3 Å². The topological polar surface area (TPSA) is 151 Å². The molecule has 0 radical (unpaired) electrons. The van der Waals surface area contributed by atoms with Crippen LogP contribution in [0.2, 0.25) is 0 Å². The lowest BCUT2D eigenvalue weighted by atomic mass is 9.56. The van der Waals surface area contributed by atoms with Crippen molar-refractivity contribution in [2.75, 3.05) is 25.7 Å². The van der Waals surface area contributed by atoms with Gasteiger partial charge in [-0.2, -0.15) is 0 Å². The molecule has 4 aliphatic rings. The zero-order valence-electron chi connectivity index (χ0n) is 25.2. The number of alkyl halides is 2. The van der Waals surface area contributed by atoms with Gasteiger partial charge >= 0.3 is 5.97 Å². The number of carboxylic acid groups (broad SMARTS) is 1. The van der Waals surface area contributed by atoms with Crippen LogP contribution in [0.15, 0.2) is 23.8 Å². The van der Waals surface area contributed by atoms with Crippen molar-refractivity contribution in [3.8, 4) is 17.2 Å². The smallest absolute Gasteiger partial charge is 0.305 e. The van der Waals surface area contributed by atoms with Crippen LogP contribution in [0, 0.1) is 46.8 Å². The van der Waals surface area contributed by atoms with Crippen molar-refractivity contribution >= 4 is 58.5 Å². The minimum atomic E-state index is -2.85. The molecule has 260 valence electrons. The van der Waals surface area contributed by atoms with Crippen molar-refractivity contribution in [1.82, 2.24) is 4.90 Å². The first kappa shape index (κ1) is 34.4. The van der Waals surface area contributed by atoms with E-state index >= 15 is 8.78 Å². The Hall–Kier alpha value is -4.44. The summed E-state index contributed by atoms with van der Waals surface area (Å²) in [4.78, 5) is 61.9. The number of carbonyl (C=O) groups is 5. The Bertz CT molecular complexity index is 1870. The highest BCUT2D eigenvalue weighted by molar-refractivity contribution is 6.58. The number of fused-ring (bicyclic) bond motifs is 4. The molecule has 2 aliphatic heterocycles. The van der Waals surface area contributed by atoms with Gasteiger partial charge in [-0.25, -0.2) is 26.9 Å². The highest BCUT2D eigenvalue weighted by atomic mass is 35.5. The van der Waals surface area contributed by atoms with Gasteiger partial charge in [0, 0.05) is 30.2 Å². The Kier molecular flexibility index (Phi) is 8.13. The Morgan fingerprint density at radius 1 is 0.898 bits per heavy atom. The van der Waals surface area contributed by atoms with E-state index in [9.17, 15) is 42.3 Å². The number of imide groups is 2. The fourth-order valence-corrected chi connectivity index (χ4v) is 8.50. The average molecular weight is 733 g/mol. The van der Waals surface area contributed by atoms with Gasteiger partial charge in [-0.05, 0) is 18.8 Å². The van der Waals surface area contributed by atoms with Crippen molar-refractivity contribution in [2.24, 2.45) is 17.8 Å². The number of rotatable bonds is 7. The minimum absolute atomic E-state index is 0.108. The van der Waals surface area contributed by atoms with Crippen LogP contribution in [-0.4, -0.2) is 75.2 Å². The number of phenols is 1. The highest BCUT2D eigenvalue weighted by Gasteiger charge is 2.77. The third kappa shape index (κ3) is 4.48. The number of allylic oxidation sites excluding steroid dienone is 2. The monoisotopic (exact) mass is 732 g/mol. The van der Waals surface area contributed by atoms with Crippen LogP contribution in [0.3, 0.4) is 0 Å². The summed E-state index contributed by atoms with van der Waals surface area (Å²) in [5.41, 5.74) is -1.99. The third-order valence-corrected chi connectivity index (χ3v) is 11.1. The molecule has 0 aromatic heterocycles. The van der Waals surface area contributed by atoms with Crippen molar-refractivity contribution in [2.45, 2.75) is 34.9 Å². The molecule has 18 heteroatoms. The standard InChI is InChI=1S/C31H23Cl2F5N2O9/c1-48-14-7-10(41)8-15(49-2)18(14)19-11-3-4-12-17(27(45)39(26(12)44)6-5-16(42)43)13(11)9-30(32)28(46)40(29(47)31(19,30)33)25-23(37)21(35)20(34)22(36)24(25)38/h3,7-8,12-13,17,19,41H,4-6,9H2,1-2H3,(H,42,43). The zero-order valence-corrected chi connectivity index (χ0v) is 26.7. The number of hydrogen-bond acceptors (Lipinski definition) is 8. The summed E-state index contributed by atoms with van der Waals surface area (Å²) in [5.74, 6) is -25.0. The first-order valence-corrected chi connectivity index (χ1v) is 15.2. The number of amides is 4. The van der Waals surface area contributed by atoms with Crippen LogP contribution in [0.5, 0.6) is 17.2 Å². The lowest BCUT2D eigenvalue weighted by molar-refractivity contribution is -0.142. The van der Waals surface area contributed by atoms with Gasteiger partial charge in [0.15, 0.2) is 33.0 Å². The number of anilines is 1. The highest BCUT2D eigenvalue weighted by Crippen LogP contribution is 2.67. The number of hydrogen-bond donors (Lipinski definition) is 2. The first-order valence-electron chi connectivity index (χ1n) is 14.5. The van der Waals surface area contributed by atoms with E-state index in [1.54, 1.807) is 0 Å². The van der Waals surface area contributed by atoms with Crippen LogP contribution < -0.4 is 14.4 Å². The summed E-state index contributed by atoms with van der Waals surface area (Å²) in [5, 5.41) is 19.5. The number of phenolic OH excluding ortho intramolecular Hbond substituents is 1. The second-order valence-electron chi connectivity index (χ2n) is 11.9. The van der Waals surface area contributed by atoms with Crippen molar-refractivity contribution < 1.29 is 65.6 Å². The summed E-state index contributed by atoms with van der Waals surface area (Å²) >= 11 is 14.2. The average Bonchev–Trinajstić information content (AvgIpc) is 3.39. The second-order valence-corrected chi connectivity index (χ2v) is 13.2. The summed E-state index contributed by atoms with van der Waals surface area (Å²) in [7, 11) is 2.31. The quantitative estimate of drug-likeness (QED) is 0.107. The summed E-state index contributed by atoms with van der Waals surface area (Å²) < 4.78 is 84.2. The minimum Gasteiger partial charge on any atom is -0.508 e. The van der Waals surface area contributed by atoms with Crippen LogP contribution in [0.25, 0.3) is 0 Å². The molecule has 2 aromatic rings. The number of methoxy groups -OCH3 is 2. The third-order valence-electron chi connectivity index (χ3n) is 9.68. The Morgan fingerprint density at radius 2 is 1.45 bits per heavy atom. The molecule has 11 nitrogen and oxygen atoms in total. The van der Waals surface area contributed by atoms with Crippen molar-refractivity contribution in [3.63, 3.8) is 0 Å². The SMILES string of the molecule is COc1cc(O)cc(OC)c1C1C2=CCC3C(=O)N(CCC(=O)O)C(=O)C3C2CC2(Cl)C(=O)N(c3c(F)c(F)c(F)c(F)c3F)C(=O)C12Cl. The maximum Gasteiger partial charge on any atom is 0.305 e. The van der Waals surface area contributed by atoms with E-state index in [1.807, 2.05) is 0 Å². The fourth-order valence-electron chi connectivity index (χ4n) is 7.59. The molecule has 6 atom stereocenters. The molecule has 0 spiro atoms. The van der Waals surface area contributed by atoms with Crippen LogP contribution in [-0.2, 0) is 24.0 Å². The first-order chi connectivity index (χ1) is 23.0. The molecular formula is C31H23Cl2F5N2O9. The fraction of sp³-hybridized carbons (Fsp3) is 0.387. The Morgan fingerprint density at radius 3 is 1.98 bits per heavy atom. The maximum atomic E-state index is 15.2. The Labute approximate surface area is 282 Å². The molecule has 2 saturated heterocycles. The normalized spacial score (nSPS) is 29.1. The van der Waals surface area contributed by atoms with Gasteiger partial charge in [-0.3, -0.25) is 28.9 Å². The van der Waals surface area contributed by atoms with E-state index in [0.29, 0.717) is 0 Å². The van der Waals surface area contributed by atoms with E-state index in [1.165, 1.54) is 6.08 Å². The Balaban J connectivity index is 1.62. The van der Waals surface area contributed by atoms with Gasteiger partial charge in [-0.15, -0.1) is 23.2 Å². The van der Waals surface area contributed by atoms with E-state index in [4.69, 9.17) is 37.8 Å². The number of aliphatic carboxylic acids is 1. The zero-order chi connectivity index (χ0) is 36.1. The van der Waals surface area contributed by atoms with Crippen molar-refractivity contribution in [1.29, 1.82) is 0 Å². The maximum absolute atomic E-state index is 15.2. The lowest BCUT2D eigenvalue weighted by Gasteiger charge is -2.51. The van der Waals surface area contributed by atoms with Crippen LogP contribution in [0.4, 0.5) is 27.6 Å². The van der Waals surface area contributed by atoms with Gasteiger partial charge in [0.1, 0.15) is 22.9 Å². The molecule has 2 aliphatic carbocycles. The predicted octanol–water partition coefficient (Wildman–Crippen LogP) is 4.14. The van der Waals surface area contributed by atoms with E-state index in [2.05, 4.69) is 0 Å². The molecule has 6 unspecified atom stereocenters. The predicted molar refractivity (Wildman–Crippen MR) is 157 cm³/mol. The molecule has 2 heterocycles. The summed E-state index contributed by atoms with van der Waals surface area (Å²) in [6.45, 7) is -0.484. The molecule has 1 saturated carbocycles. The van der Waals surface area contributed by atoms with Crippen LogP contribution >= 0.6 is 23.2 Å². The second kappa shape index (κ2) is 11.6. The molecule has 49 heavy (non-hydrogen) atoms. The number of nitrogens with zero attached hydrogens (tertiary/aromatic N) is 2. The molecule has 3 fully saturated rings. The number of halogens is 7. The number of carbonyl (C=O) groups excluding carboxylic acids is 4. The molecule has 6 rings (SSSR count). The van der Waals surface area contributed by atoms with Crippen molar-refractivity contribution in [3.05, 3.63) is 58.4 Å². The van der Waals surface area contributed by atoms with Gasteiger partial charge in [-0.1, -0.05) is 11.6 Å².